The molecule has 0 radical (unpaired) electrons. The van der Waals surface area contributed by atoms with Crippen molar-refractivity contribution in [3.8, 4) is 11.5 Å². The Bertz CT molecular complexity index is 885. The Balaban J connectivity index is 1.87. The number of hydrogen-bond donors (Lipinski definition) is 1. The van der Waals surface area contributed by atoms with Crippen LogP contribution >= 0.6 is 11.8 Å². The van der Waals surface area contributed by atoms with E-state index in [2.05, 4.69) is 33.6 Å². The normalized spacial score (nSPS) is 11.8. The number of carbonyl (C=O) groups excluding carboxylic acids is 1. The van der Waals surface area contributed by atoms with E-state index in [1.807, 2.05) is 31.2 Å². The minimum Gasteiger partial charge on any atom is -0.493 e. The van der Waals surface area contributed by atoms with Gasteiger partial charge in [0.25, 0.3) is 0 Å². The number of carbonyl (C=O) groups is 1. The molecule has 2 aromatic rings. The summed E-state index contributed by atoms with van der Waals surface area (Å²) in [6.07, 6.45) is 9.54. The largest absolute Gasteiger partial charge is 0.493 e. The number of ether oxygens (including phenoxy) is 2. The second-order valence-corrected chi connectivity index (χ2v) is 9.26. The molecule has 2 rings (SSSR count). The van der Waals surface area contributed by atoms with Crippen molar-refractivity contribution in [2.45, 2.75) is 75.7 Å². The Morgan fingerprint density at radius 2 is 1.91 bits per heavy atom. The van der Waals surface area contributed by atoms with Crippen LogP contribution in [-0.4, -0.2) is 46.7 Å². The van der Waals surface area contributed by atoms with Gasteiger partial charge in [-0.2, -0.15) is 0 Å². The molecule has 0 spiro atoms. The first-order chi connectivity index (χ1) is 16.0. The lowest BCUT2D eigenvalue weighted by atomic mass is 10.1. The summed E-state index contributed by atoms with van der Waals surface area (Å²) >= 11 is 1.44. The summed E-state index contributed by atoms with van der Waals surface area (Å²) in [5.74, 6) is 2.33. The molecule has 1 atom stereocenters. The van der Waals surface area contributed by atoms with Gasteiger partial charge in [0.2, 0.25) is 5.91 Å². The molecular formula is C25H38N4O3S. The zero-order valence-electron chi connectivity index (χ0n) is 20.4. The summed E-state index contributed by atoms with van der Waals surface area (Å²) in [6, 6.07) is 5.79. The predicted molar refractivity (Wildman–Crippen MR) is 134 cm³/mol. The van der Waals surface area contributed by atoms with E-state index < -0.39 is 0 Å². The third kappa shape index (κ3) is 8.42. The maximum atomic E-state index is 12.7. The van der Waals surface area contributed by atoms with Gasteiger partial charge in [0, 0.05) is 19.5 Å². The molecule has 182 valence electrons. The topological polar surface area (TPSA) is 78.3 Å². The molecule has 1 heterocycles. The van der Waals surface area contributed by atoms with E-state index in [4.69, 9.17) is 9.47 Å². The lowest BCUT2D eigenvalue weighted by Gasteiger charge is -2.13. The number of hydrogen-bond acceptors (Lipinski definition) is 6. The number of unbranched alkanes of at least 4 members (excludes halogenated alkanes) is 4. The zero-order chi connectivity index (χ0) is 24.1. The highest BCUT2D eigenvalue weighted by Gasteiger charge is 2.19. The molecule has 1 amide bonds. The average molecular weight is 475 g/mol. The number of benzene rings is 1. The van der Waals surface area contributed by atoms with Crippen LogP contribution in [0, 0.1) is 0 Å². The van der Waals surface area contributed by atoms with Gasteiger partial charge in [-0.3, -0.25) is 4.79 Å². The van der Waals surface area contributed by atoms with Crippen molar-refractivity contribution in [3.63, 3.8) is 0 Å². The monoisotopic (exact) mass is 474 g/mol. The third-order valence-electron chi connectivity index (χ3n) is 5.42. The van der Waals surface area contributed by atoms with Crippen LogP contribution in [0.2, 0.25) is 0 Å². The number of methoxy groups -OCH3 is 2. The highest BCUT2D eigenvalue weighted by Crippen LogP contribution is 2.27. The molecule has 0 fully saturated rings. The van der Waals surface area contributed by atoms with E-state index in [9.17, 15) is 4.79 Å². The Morgan fingerprint density at radius 1 is 1.15 bits per heavy atom. The summed E-state index contributed by atoms with van der Waals surface area (Å²) < 4.78 is 12.7. The zero-order valence-corrected chi connectivity index (χ0v) is 21.2. The number of aryl methyl sites for hydroxylation is 1. The quantitative estimate of drug-likeness (QED) is 0.213. The molecule has 1 aromatic heterocycles. The van der Waals surface area contributed by atoms with Gasteiger partial charge in [-0.1, -0.05) is 56.5 Å². The van der Waals surface area contributed by atoms with Gasteiger partial charge in [0.1, 0.15) is 5.82 Å². The molecule has 0 bridgehead atoms. The van der Waals surface area contributed by atoms with Crippen molar-refractivity contribution >= 4 is 17.7 Å². The summed E-state index contributed by atoms with van der Waals surface area (Å²) in [5.41, 5.74) is 1.07. The van der Waals surface area contributed by atoms with Gasteiger partial charge in [-0.15, -0.1) is 16.8 Å². The molecule has 0 aliphatic heterocycles. The molecule has 0 saturated heterocycles. The van der Waals surface area contributed by atoms with Crippen molar-refractivity contribution < 1.29 is 14.3 Å². The minimum absolute atomic E-state index is 0.0188. The van der Waals surface area contributed by atoms with Crippen LogP contribution in [0.5, 0.6) is 11.5 Å². The van der Waals surface area contributed by atoms with E-state index in [0.29, 0.717) is 31.0 Å². The summed E-state index contributed by atoms with van der Waals surface area (Å²) in [6.45, 7) is 9.17. The van der Waals surface area contributed by atoms with Crippen LogP contribution < -0.4 is 14.8 Å². The Labute approximate surface area is 202 Å². The maximum absolute atomic E-state index is 12.7. The Morgan fingerprint density at radius 3 is 2.61 bits per heavy atom. The second-order valence-electron chi connectivity index (χ2n) is 7.95. The molecular weight excluding hydrogens is 436 g/mol. The molecule has 0 saturated carbocycles. The average Bonchev–Trinajstić information content (AvgIpc) is 3.19. The molecule has 7 nitrogen and oxygen atoms in total. The van der Waals surface area contributed by atoms with Gasteiger partial charge in [-0.25, -0.2) is 0 Å². The Hall–Kier alpha value is -2.48. The fraction of sp³-hybridized carbons (Fsp3) is 0.560. The van der Waals surface area contributed by atoms with Crippen LogP contribution in [-0.2, 0) is 24.2 Å². The van der Waals surface area contributed by atoms with Crippen molar-refractivity contribution in [2.24, 2.45) is 0 Å². The molecule has 8 heteroatoms. The standard InChI is InChI=1S/C25H38N4O3S/c1-6-8-9-10-11-12-23-27-28-25(29(23)17-7-2)33-19(3)24(30)26-16-15-20-13-14-21(31-4)22(18-20)32-5/h7,13-14,18-19H,2,6,8-12,15-17H2,1,3-5H3,(H,26,30)/t19-/m1/s1. The number of rotatable bonds is 16. The molecule has 33 heavy (non-hydrogen) atoms. The van der Waals surface area contributed by atoms with Gasteiger partial charge in [-0.05, 0) is 37.5 Å². The number of nitrogens with one attached hydrogen (secondary N) is 1. The van der Waals surface area contributed by atoms with Crippen molar-refractivity contribution in [2.75, 3.05) is 20.8 Å². The number of amides is 1. The molecule has 0 unspecified atom stereocenters. The van der Waals surface area contributed by atoms with Crippen LogP contribution in [0.25, 0.3) is 0 Å². The van der Waals surface area contributed by atoms with Crippen molar-refractivity contribution in [1.82, 2.24) is 20.1 Å². The SMILES string of the molecule is C=CCn1c(CCCCCCC)nnc1S[C@H](C)C(=O)NCCc1ccc(OC)c(OC)c1. The lowest BCUT2D eigenvalue weighted by Crippen LogP contribution is -2.32. The molecule has 0 aliphatic rings. The molecule has 1 aromatic carbocycles. The van der Waals surface area contributed by atoms with Gasteiger partial charge < -0.3 is 19.4 Å². The molecule has 1 N–H and O–H groups in total. The van der Waals surface area contributed by atoms with Crippen LogP contribution in [0.1, 0.15) is 57.3 Å². The highest BCUT2D eigenvalue weighted by atomic mass is 32.2. The van der Waals surface area contributed by atoms with Crippen LogP contribution in [0.15, 0.2) is 36.0 Å². The van der Waals surface area contributed by atoms with Crippen molar-refractivity contribution in [3.05, 3.63) is 42.2 Å². The number of thioether (sulfide) groups is 1. The Kier molecular flexibility index (Phi) is 11.9. The first-order valence-electron chi connectivity index (χ1n) is 11.7. The second kappa shape index (κ2) is 14.6. The van der Waals surface area contributed by atoms with E-state index in [1.165, 1.54) is 37.4 Å². The molecule has 0 aliphatic carbocycles. The lowest BCUT2D eigenvalue weighted by molar-refractivity contribution is -0.120. The number of allylic oxidation sites excluding steroid dienone is 1. The number of nitrogens with zero attached hydrogens (tertiary/aromatic N) is 3. The van der Waals surface area contributed by atoms with E-state index in [0.717, 1.165) is 29.4 Å². The van der Waals surface area contributed by atoms with Gasteiger partial charge in [0.15, 0.2) is 16.7 Å². The first kappa shape index (κ1) is 26.8. The van der Waals surface area contributed by atoms with E-state index in [-0.39, 0.29) is 11.2 Å². The predicted octanol–water partition coefficient (Wildman–Crippen LogP) is 4.83. The summed E-state index contributed by atoms with van der Waals surface area (Å²) in [4.78, 5) is 12.7. The highest BCUT2D eigenvalue weighted by molar-refractivity contribution is 8.00. The van der Waals surface area contributed by atoms with Gasteiger partial charge in [0.05, 0.1) is 19.5 Å². The van der Waals surface area contributed by atoms with E-state index in [1.54, 1.807) is 14.2 Å². The third-order valence-corrected chi connectivity index (χ3v) is 6.50. The maximum Gasteiger partial charge on any atom is 0.233 e. The summed E-state index contributed by atoms with van der Waals surface area (Å²) in [7, 11) is 3.23. The minimum atomic E-state index is -0.277. The smallest absolute Gasteiger partial charge is 0.233 e. The van der Waals surface area contributed by atoms with Crippen LogP contribution in [0.3, 0.4) is 0 Å². The van der Waals surface area contributed by atoms with Crippen LogP contribution in [0.4, 0.5) is 0 Å². The fourth-order valence-corrected chi connectivity index (χ4v) is 4.41. The van der Waals surface area contributed by atoms with Crippen molar-refractivity contribution in [1.29, 1.82) is 0 Å². The van der Waals surface area contributed by atoms with E-state index >= 15 is 0 Å². The number of aromatic nitrogens is 3. The fourth-order valence-electron chi connectivity index (χ4n) is 3.51. The summed E-state index contributed by atoms with van der Waals surface area (Å²) in [5, 5.41) is 12.3. The first-order valence-corrected chi connectivity index (χ1v) is 12.6. The van der Waals surface area contributed by atoms with Gasteiger partial charge >= 0.3 is 0 Å².